The summed E-state index contributed by atoms with van der Waals surface area (Å²) in [7, 11) is 0. The van der Waals surface area contributed by atoms with E-state index in [4.69, 9.17) is 32.7 Å². The van der Waals surface area contributed by atoms with Gasteiger partial charge in [0.05, 0.1) is 16.6 Å². The second kappa shape index (κ2) is 14.4. The summed E-state index contributed by atoms with van der Waals surface area (Å²) in [6.07, 6.45) is -1.69. The highest BCUT2D eigenvalue weighted by Crippen LogP contribution is 2.45. The van der Waals surface area contributed by atoms with Crippen LogP contribution in [0, 0.1) is 0 Å². The van der Waals surface area contributed by atoms with Crippen LogP contribution in [0.1, 0.15) is 50.3 Å². The lowest BCUT2D eigenvalue weighted by Crippen LogP contribution is -2.56. The minimum absolute atomic E-state index is 0.105. The van der Waals surface area contributed by atoms with Gasteiger partial charge in [-0.3, -0.25) is 9.69 Å². The van der Waals surface area contributed by atoms with Crippen molar-refractivity contribution < 1.29 is 24.2 Å². The Bertz CT molecular complexity index is 1350. The minimum atomic E-state index is -1.18. The van der Waals surface area contributed by atoms with E-state index < -0.39 is 18.4 Å². The maximum Gasteiger partial charge on any atom is 0.408 e. The first-order chi connectivity index (χ1) is 20.2. The van der Waals surface area contributed by atoms with Crippen molar-refractivity contribution in [1.82, 2.24) is 9.80 Å². The van der Waals surface area contributed by atoms with Gasteiger partial charge in [-0.2, -0.15) is 0 Å². The Hall–Kier alpha value is -3.10. The van der Waals surface area contributed by atoms with E-state index in [1.807, 2.05) is 64.1 Å². The lowest BCUT2D eigenvalue weighted by Gasteiger charge is -2.37. The zero-order valence-corrected chi connectivity index (χ0v) is 25.9. The third-order valence-corrected chi connectivity index (χ3v) is 8.36. The molecule has 3 aromatic carbocycles. The minimum Gasteiger partial charge on any atom is -0.465 e. The maximum atomic E-state index is 14.4. The molecular formula is C33H38Cl2N2O5. The maximum absolute atomic E-state index is 14.4. The lowest BCUT2D eigenvalue weighted by atomic mass is 9.94. The fourth-order valence-electron chi connectivity index (χ4n) is 5.65. The highest BCUT2D eigenvalue weighted by Gasteiger charge is 2.39. The normalized spacial score (nSPS) is 13.2. The molecule has 4 rings (SSSR count). The molecule has 0 aliphatic heterocycles. The van der Waals surface area contributed by atoms with Gasteiger partial charge in [-0.1, -0.05) is 77.8 Å². The van der Waals surface area contributed by atoms with Gasteiger partial charge in [0, 0.05) is 38.1 Å². The second-order valence-electron chi connectivity index (χ2n) is 10.6. The number of rotatable bonds is 13. The van der Waals surface area contributed by atoms with Gasteiger partial charge in [-0.05, 0) is 67.6 Å². The Kier molecular flexibility index (Phi) is 10.9. The number of hydrogen-bond donors (Lipinski definition) is 1. The average Bonchev–Trinajstić information content (AvgIpc) is 3.28. The molecule has 1 unspecified atom stereocenters. The van der Waals surface area contributed by atoms with Crippen LogP contribution in [-0.2, 0) is 20.7 Å². The van der Waals surface area contributed by atoms with E-state index in [1.54, 1.807) is 23.1 Å². The highest BCUT2D eigenvalue weighted by atomic mass is 35.5. The fourth-order valence-corrected chi connectivity index (χ4v) is 5.97. The van der Waals surface area contributed by atoms with Crippen molar-refractivity contribution in [3.8, 4) is 11.1 Å². The second-order valence-corrected chi connectivity index (χ2v) is 11.4. The summed E-state index contributed by atoms with van der Waals surface area (Å²) in [6, 6.07) is 19.9. The van der Waals surface area contributed by atoms with Crippen molar-refractivity contribution in [2.75, 3.05) is 26.3 Å². The average molecular weight is 614 g/mol. The fraction of sp³-hybridized carbons (Fsp3) is 0.394. The molecule has 0 heterocycles. The Labute approximate surface area is 257 Å². The van der Waals surface area contributed by atoms with Crippen molar-refractivity contribution in [2.45, 2.75) is 58.4 Å². The molecule has 0 radical (unpaired) electrons. The van der Waals surface area contributed by atoms with E-state index in [9.17, 15) is 14.7 Å². The number of amides is 2. The monoisotopic (exact) mass is 612 g/mol. The summed E-state index contributed by atoms with van der Waals surface area (Å²) in [6.45, 7) is 8.63. The molecule has 0 saturated heterocycles. The first-order valence-corrected chi connectivity index (χ1v) is 15.1. The Morgan fingerprint density at radius 2 is 1.43 bits per heavy atom. The summed E-state index contributed by atoms with van der Waals surface area (Å²) in [5, 5.41) is 11.4. The molecule has 0 saturated carbocycles. The number of halogens is 2. The van der Waals surface area contributed by atoms with Crippen LogP contribution >= 0.6 is 23.2 Å². The van der Waals surface area contributed by atoms with Crippen LogP contribution in [0.5, 0.6) is 0 Å². The van der Waals surface area contributed by atoms with Crippen molar-refractivity contribution in [1.29, 1.82) is 0 Å². The summed E-state index contributed by atoms with van der Waals surface area (Å²) in [5.74, 6) is -0.563. The number of ether oxygens (including phenoxy) is 2. The van der Waals surface area contributed by atoms with E-state index in [-0.39, 0.29) is 37.4 Å². The van der Waals surface area contributed by atoms with Crippen LogP contribution in [0.3, 0.4) is 0 Å². The van der Waals surface area contributed by atoms with Gasteiger partial charge in [0.2, 0.25) is 5.91 Å². The molecule has 42 heavy (non-hydrogen) atoms. The number of carbonyl (C=O) groups is 2. The molecule has 1 aliphatic rings. The first kappa shape index (κ1) is 31.8. The number of fused-ring (bicyclic) bond motifs is 3. The van der Waals surface area contributed by atoms with Gasteiger partial charge in [0.15, 0.2) is 6.29 Å². The number of benzene rings is 3. The van der Waals surface area contributed by atoms with Gasteiger partial charge < -0.3 is 19.5 Å². The smallest absolute Gasteiger partial charge is 0.408 e. The Morgan fingerprint density at radius 3 is 1.93 bits per heavy atom. The predicted molar refractivity (Wildman–Crippen MR) is 166 cm³/mol. The standard InChI is InChI=1S/C33H38Cl2N2O5/c1-5-41-31(42-6-2)20-36(21(3)4)32(38)30(18-22-15-16-28(34)29(35)17-22)37(33(39)40)19-27-25-13-9-7-11-23(25)24-12-8-10-14-26(24)27/h7-17,21,27,30-31H,5-6,18-20H2,1-4H3,(H,39,40). The number of nitrogens with zero attached hydrogens (tertiary/aromatic N) is 2. The zero-order valence-electron chi connectivity index (χ0n) is 24.4. The van der Waals surface area contributed by atoms with Gasteiger partial charge in [0.1, 0.15) is 6.04 Å². The Balaban J connectivity index is 1.75. The van der Waals surface area contributed by atoms with Gasteiger partial charge >= 0.3 is 6.09 Å². The molecule has 1 atom stereocenters. The summed E-state index contributed by atoms with van der Waals surface area (Å²) in [4.78, 5) is 30.4. The molecule has 0 bridgehead atoms. The molecule has 0 spiro atoms. The predicted octanol–water partition coefficient (Wildman–Crippen LogP) is 7.33. The van der Waals surface area contributed by atoms with Crippen molar-refractivity contribution in [3.63, 3.8) is 0 Å². The van der Waals surface area contributed by atoms with Gasteiger partial charge in [-0.25, -0.2) is 4.79 Å². The van der Waals surface area contributed by atoms with E-state index in [1.165, 1.54) is 4.90 Å². The van der Waals surface area contributed by atoms with Crippen LogP contribution in [-0.4, -0.2) is 71.6 Å². The van der Waals surface area contributed by atoms with Crippen molar-refractivity contribution in [2.24, 2.45) is 0 Å². The molecule has 1 N–H and O–H groups in total. The molecule has 0 fully saturated rings. The molecule has 1 aliphatic carbocycles. The number of hydrogen-bond acceptors (Lipinski definition) is 4. The Morgan fingerprint density at radius 1 is 0.857 bits per heavy atom. The lowest BCUT2D eigenvalue weighted by molar-refractivity contribution is -0.164. The summed E-state index contributed by atoms with van der Waals surface area (Å²) >= 11 is 12.5. The molecule has 3 aromatic rings. The van der Waals surface area contributed by atoms with Crippen LogP contribution in [0.15, 0.2) is 66.7 Å². The topological polar surface area (TPSA) is 79.3 Å². The third-order valence-electron chi connectivity index (χ3n) is 7.62. The first-order valence-electron chi connectivity index (χ1n) is 14.3. The van der Waals surface area contributed by atoms with Crippen LogP contribution in [0.4, 0.5) is 4.79 Å². The van der Waals surface area contributed by atoms with E-state index >= 15 is 0 Å². The molecule has 0 aromatic heterocycles. The van der Waals surface area contributed by atoms with Crippen molar-refractivity contribution >= 4 is 35.2 Å². The van der Waals surface area contributed by atoms with E-state index in [2.05, 4.69) is 12.1 Å². The summed E-state index contributed by atoms with van der Waals surface area (Å²) in [5.41, 5.74) is 4.95. The SMILES string of the molecule is CCOC(CN(C(=O)C(Cc1ccc(Cl)c(Cl)c1)N(CC1c2ccccc2-c2ccccc21)C(=O)O)C(C)C)OCC. The quantitative estimate of drug-likeness (QED) is 0.204. The number of carbonyl (C=O) groups excluding carboxylic acids is 1. The molecule has 2 amide bonds. The van der Waals surface area contributed by atoms with Crippen LogP contribution in [0.2, 0.25) is 10.0 Å². The summed E-state index contributed by atoms with van der Waals surface area (Å²) < 4.78 is 11.5. The van der Waals surface area contributed by atoms with E-state index in [0.717, 1.165) is 22.3 Å². The van der Waals surface area contributed by atoms with Gasteiger partial charge in [0.25, 0.3) is 0 Å². The van der Waals surface area contributed by atoms with Crippen molar-refractivity contribution in [3.05, 3.63) is 93.5 Å². The third kappa shape index (κ3) is 7.09. The molecule has 224 valence electrons. The number of carboxylic acid groups (broad SMARTS) is 1. The van der Waals surface area contributed by atoms with Gasteiger partial charge in [-0.15, -0.1) is 0 Å². The molecule has 7 nitrogen and oxygen atoms in total. The van der Waals surface area contributed by atoms with Crippen LogP contribution in [0.25, 0.3) is 11.1 Å². The van der Waals surface area contributed by atoms with E-state index in [0.29, 0.717) is 28.8 Å². The highest BCUT2D eigenvalue weighted by molar-refractivity contribution is 6.42. The van der Waals surface area contributed by atoms with Crippen LogP contribution < -0.4 is 0 Å². The molecule has 9 heteroatoms. The zero-order chi connectivity index (χ0) is 30.4. The molecular weight excluding hydrogens is 575 g/mol. The largest absolute Gasteiger partial charge is 0.465 e.